The van der Waals surface area contributed by atoms with E-state index in [1.165, 1.54) is 12.7 Å². The van der Waals surface area contributed by atoms with Gasteiger partial charge in [0.25, 0.3) is 0 Å². The Labute approximate surface area is 248 Å². The highest BCUT2D eigenvalue weighted by atomic mass is 28.4. The fourth-order valence-corrected chi connectivity index (χ4v) is 6.55. The highest BCUT2D eigenvalue weighted by Crippen LogP contribution is 2.47. The molecule has 7 heteroatoms. The highest BCUT2D eigenvalue weighted by molar-refractivity contribution is 6.74. The highest BCUT2D eigenvalue weighted by Gasteiger charge is 2.48. The zero-order valence-corrected chi connectivity index (χ0v) is 27.0. The van der Waals surface area contributed by atoms with E-state index in [1.807, 2.05) is 24.3 Å². The summed E-state index contributed by atoms with van der Waals surface area (Å²) in [5.41, 5.74) is 3.42. The van der Waals surface area contributed by atoms with Gasteiger partial charge in [0.05, 0.1) is 39.6 Å². The molecular weight excluding hydrogens is 532 g/mol. The van der Waals surface area contributed by atoms with Crippen LogP contribution in [0.1, 0.15) is 75.5 Å². The number of hydrogen-bond acceptors (Lipinski definition) is 6. The maximum atomic E-state index is 11.4. The lowest BCUT2D eigenvalue weighted by atomic mass is 9.84. The van der Waals surface area contributed by atoms with E-state index in [2.05, 4.69) is 70.3 Å². The quantitative estimate of drug-likeness (QED) is 0.107. The number of aliphatic hydroxyl groups is 1. The lowest BCUT2D eigenvalue weighted by Crippen LogP contribution is -2.44. The molecule has 1 saturated carbocycles. The second-order valence-corrected chi connectivity index (χ2v) is 17.4. The second kappa shape index (κ2) is 15.1. The second-order valence-electron chi connectivity index (χ2n) is 12.7. The predicted molar refractivity (Wildman–Crippen MR) is 166 cm³/mol. The van der Waals surface area contributed by atoms with E-state index in [-0.39, 0.29) is 28.9 Å². The van der Waals surface area contributed by atoms with Gasteiger partial charge in [-0.25, -0.2) is 0 Å². The smallest absolute Gasteiger partial charge is 0.305 e. The summed E-state index contributed by atoms with van der Waals surface area (Å²) in [6.07, 6.45) is 7.25. The Balaban J connectivity index is 1.69. The van der Waals surface area contributed by atoms with Crippen LogP contribution in [-0.4, -0.2) is 45.8 Å². The van der Waals surface area contributed by atoms with Gasteiger partial charge in [-0.15, -0.1) is 0 Å². The van der Waals surface area contributed by atoms with Crippen LogP contribution in [0, 0.1) is 5.92 Å². The Hall–Kier alpha value is -2.45. The summed E-state index contributed by atoms with van der Waals surface area (Å²) in [7, 11) is 1.05. The Morgan fingerprint density at radius 1 is 0.976 bits per heavy atom. The molecule has 0 unspecified atom stereocenters. The Bertz CT molecular complexity index is 1100. The number of allylic oxidation sites excluding steroid dienone is 2. The summed E-state index contributed by atoms with van der Waals surface area (Å²) in [6.45, 7) is 12.4. The number of hydrogen-bond donors (Lipinski definition) is 1. The molecule has 1 fully saturated rings. The van der Waals surface area contributed by atoms with Crippen LogP contribution in [0.15, 0.2) is 60.7 Å². The van der Waals surface area contributed by atoms with E-state index >= 15 is 0 Å². The van der Waals surface area contributed by atoms with Crippen molar-refractivity contribution in [1.82, 2.24) is 0 Å². The van der Waals surface area contributed by atoms with Gasteiger partial charge >= 0.3 is 5.97 Å². The lowest BCUT2D eigenvalue weighted by Gasteiger charge is -2.40. The zero-order valence-electron chi connectivity index (χ0n) is 26.0. The van der Waals surface area contributed by atoms with Gasteiger partial charge in [-0.3, -0.25) is 4.79 Å². The van der Waals surface area contributed by atoms with Crippen molar-refractivity contribution in [3.8, 4) is 5.75 Å². The van der Waals surface area contributed by atoms with Crippen LogP contribution in [0.2, 0.25) is 18.1 Å². The van der Waals surface area contributed by atoms with Gasteiger partial charge in [0.2, 0.25) is 0 Å². The molecular formula is C34H50O6Si. The van der Waals surface area contributed by atoms with Crippen molar-refractivity contribution in [3.63, 3.8) is 0 Å². The first-order valence-corrected chi connectivity index (χ1v) is 17.7. The van der Waals surface area contributed by atoms with Crippen LogP contribution in [0.25, 0.3) is 0 Å². The molecule has 1 aliphatic carbocycles. The van der Waals surface area contributed by atoms with E-state index in [0.29, 0.717) is 26.1 Å². The number of esters is 1. The number of methoxy groups -OCH3 is 2. The molecule has 1 aliphatic rings. The van der Waals surface area contributed by atoms with Crippen molar-refractivity contribution in [2.45, 2.75) is 102 Å². The van der Waals surface area contributed by atoms with E-state index in [9.17, 15) is 9.90 Å². The van der Waals surface area contributed by atoms with Crippen molar-refractivity contribution in [3.05, 3.63) is 77.4 Å². The molecule has 6 nitrogen and oxygen atoms in total. The number of rotatable bonds is 14. The summed E-state index contributed by atoms with van der Waals surface area (Å²) in [4.78, 5) is 11.4. The molecule has 0 amide bonds. The topological polar surface area (TPSA) is 74.2 Å². The van der Waals surface area contributed by atoms with Gasteiger partial charge in [-0.05, 0) is 78.6 Å². The van der Waals surface area contributed by atoms with E-state index in [4.69, 9.17) is 18.6 Å². The maximum absolute atomic E-state index is 11.4. The Kier molecular flexibility index (Phi) is 12.2. The third-order valence-electron chi connectivity index (χ3n) is 8.70. The van der Waals surface area contributed by atoms with Crippen LogP contribution >= 0.6 is 0 Å². The summed E-state index contributed by atoms with van der Waals surface area (Å²) in [5, 5.41) is 11.3. The number of carbonyl (C=O) groups excluding carboxylic acids is 1. The van der Waals surface area contributed by atoms with Crippen molar-refractivity contribution < 1.29 is 28.5 Å². The maximum Gasteiger partial charge on any atom is 0.305 e. The molecule has 0 bridgehead atoms. The van der Waals surface area contributed by atoms with Gasteiger partial charge in [0, 0.05) is 12.3 Å². The summed E-state index contributed by atoms with van der Waals surface area (Å²) in [5.74, 6) is 0.835. The average molecular weight is 583 g/mol. The van der Waals surface area contributed by atoms with Gasteiger partial charge < -0.3 is 23.7 Å². The first-order valence-electron chi connectivity index (χ1n) is 14.8. The number of benzene rings is 2. The van der Waals surface area contributed by atoms with Crippen LogP contribution in [0.3, 0.4) is 0 Å². The van der Waals surface area contributed by atoms with Crippen LogP contribution in [0.5, 0.6) is 5.75 Å². The number of unbranched alkanes of at least 4 members (excludes halogenated alkanes) is 1. The minimum absolute atomic E-state index is 0.0270. The number of aliphatic hydroxyl groups excluding tert-OH is 1. The molecule has 0 spiro atoms. The molecule has 226 valence electrons. The van der Waals surface area contributed by atoms with Gasteiger partial charge in [-0.1, -0.05) is 69.3 Å². The molecule has 4 atom stereocenters. The Morgan fingerprint density at radius 3 is 2.15 bits per heavy atom. The first kappa shape index (κ1) is 33.1. The van der Waals surface area contributed by atoms with Gasteiger partial charge in [0.15, 0.2) is 8.32 Å². The van der Waals surface area contributed by atoms with Crippen LogP contribution in [0.4, 0.5) is 0 Å². The Morgan fingerprint density at radius 2 is 1.59 bits per heavy atom. The minimum atomic E-state index is -2.03. The predicted octanol–water partition coefficient (Wildman–Crippen LogP) is 7.56. The largest absolute Gasteiger partial charge is 0.497 e. The van der Waals surface area contributed by atoms with Crippen molar-refractivity contribution in [2.75, 3.05) is 14.2 Å². The molecule has 0 heterocycles. The third kappa shape index (κ3) is 9.53. The standard InChI is InChI=1S/C34H50O6Si/c1-34(2,3)41(6,7)40-31-22-30(35)29(12-10-8-9-11-13-32(36)38-5)33(31)27-18-14-25(15-19-27)23-39-24-26-16-20-28(37-4)21-17-26/h8,10,14-21,29-31,33,35H,9,11-13,22-24H2,1-7H3/t29-,30-,31+,33+/m0/s1. The molecule has 3 rings (SSSR count). The van der Waals surface area contributed by atoms with Crippen LogP contribution < -0.4 is 4.74 Å². The van der Waals surface area contributed by atoms with Gasteiger partial charge in [-0.2, -0.15) is 0 Å². The monoisotopic (exact) mass is 582 g/mol. The van der Waals surface area contributed by atoms with Crippen molar-refractivity contribution >= 4 is 14.3 Å². The summed E-state index contributed by atoms with van der Waals surface area (Å²) >= 11 is 0. The molecule has 0 radical (unpaired) electrons. The summed E-state index contributed by atoms with van der Waals surface area (Å²) < 4.78 is 22.9. The van der Waals surface area contributed by atoms with Crippen molar-refractivity contribution in [1.29, 1.82) is 0 Å². The molecule has 1 N–H and O–H groups in total. The van der Waals surface area contributed by atoms with E-state index in [1.54, 1.807) is 7.11 Å². The van der Waals surface area contributed by atoms with Gasteiger partial charge in [0.1, 0.15) is 5.75 Å². The fourth-order valence-electron chi connectivity index (χ4n) is 5.20. The van der Waals surface area contributed by atoms with E-state index in [0.717, 1.165) is 36.1 Å². The fraction of sp³-hybridized carbons (Fsp3) is 0.559. The number of ether oxygens (including phenoxy) is 3. The molecule has 0 aliphatic heterocycles. The molecule has 2 aromatic rings. The normalized spacial score (nSPS) is 21.4. The average Bonchev–Trinajstić information content (AvgIpc) is 3.24. The minimum Gasteiger partial charge on any atom is -0.497 e. The lowest BCUT2D eigenvalue weighted by molar-refractivity contribution is -0.140. The van der Waals surface area contributed by atoms with Crippen molar-refractivity contribution in [2.24, 2.45) is 5.92 Å². The van der Waals surface area contributed by atoms with E-state index < -0.39 is 14.4 Å². The molecule has 2 aromatic carbocycles. The SMILES string of the molecule is COC(=O)CCCC=CC[C@@H]1[C@@H](c2ccc(COCc3ccc(OC)cc3)cc2)[C@H](O[Si](C)(C)C(C)(C)C)C[C@@H]1O. The summed E-state index contributed by atoms with van der Waals surface area (Å²) in [6, 6.07) is 16.6. The first-order chi connectivity index (χ1) is 19.4. The van der Waals surface area contributed by atoms with Crippen LogP contribution in [-0.2, 0) is 31.9 Å². The molecule has 0 aromatic heterocycles. The zero-order chi connectivity index (χ0) is 30.0. The number of carbonyl (C=O) groups is 1. The molecule has 41 heavy (non-hydrogen) atoms. The third-order valence-corrected chi connectivity index (χ3v) is 13.2. The molecule has 0 saturated heterocycles.